The summed E-state index contributed by atoms with van der Waals surface area (Å²) in [5.74, 6) is -1.06. The molecule has 1 amide bonds. The number of anilines is 1. The summed E-state index contributed by atoms with van der Waals surface area (Å²) in [5, 5.41) is 3.18. The fourth-order valence-corrected chi connectivity index (χ4v) is 5.12. The van der Waals surface area contributed by atoms with Gasteiger partial charge in [-0.15, -0.1) is 0 Å². The van der Waals surface area contributed by atoms with Crippen molar-refractivity contribution in [1.82, 2.24) is 8.87 Å². The SMILES string of the molecule is COC(=O)c1cc(S(=O)(=O)N2CCC[C@H]2C(=O)Nc2cccc(Cl)c2)cn1C. The van der Waals surface area contributed by atoms with Crippen LogP contribution in [0.2, 0.25) is 5.02 Å². The van der Waals surface area contributed by atoms with Gasteiger partial charge in [0.1, 0.15) is 16.6 Å². The summed E-state index contributed by atoms with van der Waals surface area (Å²) in [6.45, 7) is 0.221. The molecule has 150 valence electrons. The largest absolute Gasteiger partial charge is 0.464 e. The van der Waals surface area contributed by atoms with Gasteiger partial charge in [0.25, 0.3) is 0 Å². The zero-order valence-electron chi connectivity index (χ0n) is 15.4. The molecule has 1 atom stereocenters. The Hall–Kier alpha value is -2.36. The molecule has 2 aromatic rings. The Morgan fingerprint density at radius 3 is 2.71 bits per heavy atom. The van der Waals surface area contributed by atoms with Crippen molar-refractivity contribution < 1.29 is 22.7 Å². The van der Waals surface area contributed by atoms with Crippen LogP contribution in [-0.4, -0.2) is 48.9 Å². The Bertz CT molecular complexity index is 1020. The standard InChI is InChI=1S/C18H20ClN3O5S/c1-21-11-14(10-16(21)18(24)27-2)28(25,26)22-8-4-7-15(22)17(23)20-13-6-3-5-12(19)9-13/h3,5-6,9-11,15H,4,7-8H2,1-2H3,(H,20,23)/t15-/m0/s1. The van der Waals surface area contributed by atoms with Crippen molar-refractivity contribution in [2.75, 3.05) is 19.0 Å². The van der Waals surface area contributed by atoms with Crippen LogP contribution in [0.5, 0.6) is 0 Å². The normalized spacial score (nSPS) is 17.5. The molecule has 0 aliphatic carbocycles. The Balaban J connectivity index is 1.85. The van der Waals surface area contributed by atoms with Gasteiger partial charge in [0, 0.05) is 30.5 Å². The second-order valence-corrected chi connectivity index (χ2v) is 8.76. The first-order chi connectivity index (χ1) is 13.2. The lowest BCUT2D eigenvalue weighted by molar-refractivity contribution is -0.119. The molecule has 0 saturated carbocycles. The zero-order valence-corrected chi connectivity index (χ0v) is 17.0. The highest BCUT2D eigenvalue weighted by atomic mass is 35.5. The van der Waals surface area contributed by atoms with Gasteiger partial charge in [-0.3, -0.25) is 4.79 Å². The average Bonchev–Trinajstić information content (AvgIpc) is 3.28. The Morgan fingerprint density at radius 1 is 1.29 bits per heavy atom. The molecule has 1 aromatic carbocycles. The zero-order chi connectivity index (χ0) is 20.5. The molecular weight excluding hydrogens is 406 g/mol. The molecule has 0 radical (unpaired) electrons. The van der Waals surface area contributed by atoms with Gasteiger partial charge in [-0.05, 0) is 37.1 Å². The third-order valence-electron chi connectivity index (χ3n) is 4.58. The molecule has 3 rings (SSSR count). The minimum Gasteiger partial charge on any atom is -0.464 e. The van der Waals surface area contributed by atoms with Crippen LogP contribution >= 0.6 is 11.6 Å². The number of halogens is 1. The maximum absolute atomic E-state index is 13.1. The monoisotopic (exact) mass is 425 g/mol. The van der Waals surface area contributed by atoms with Crippen LogP contribution in [0.15, 0.2) is 41.4 Å². The van der Waals surface area contributed by atoms with Crippen LogP contribution in [0.25, 0.3) is 0 Å². The molecule has 0 bridgehead atoms. The van der Waals surface area contributed by atoms with E-state index < -0.39 is 27.9 Å². The molecule has 1 N–H and O–H groups in total. The van der Waals surface area contributed by atoms with E-state index in [1.165, 1.54) is 28.2 Å². The molecule has 1 aromatic heterocycles. The molecule has 10 heteroatoms. The number of carbonyl (C=O) groups excluding carboxylic acids is 2. The average molecular weight is 426 g/mol. The van der Waals surface area contributed by atoms with Gasteiger partial charge in [-0.25, -0.2) is 13.2 Å². The van der Waals surface area contributed by atoms with E-state index in [4.69, 9.17) is 11.6 Å². The van der Waals surface area contributed by atoms with E-state index in [0.717, 1.165) is 0 Å². The molecule has 0 unspecified atom stereocenters. The van der Waals surface area contributed by atoms with Crippen molar-refractivity contribution in [2.45, 2.75) is 23.8 Å². The lowest BCUT2D eigenvalue weighted by atomic mass is 10.2. The number of carbonyl (C=O) groups is 2. The van der Waals surface area contributed by atoms with Crippen molar-refractivity contribution in [1.29, 1.82) is 0 Å². The highest BCUT2D eigenvalue weighted by molar-refractivity contribution is 7.89. The highest BCUT2D eigenvalue weighted by Gasteiger charge is 2.40. The fourth-order valence-electron chi connectivity index (χ4n) is 3.20. The predicted molar refractivity (Wildman–Crippen MR) is 104 cm³/mol. The molecule has 0 spiro atoms. The molecule has 8 nitrogen and oxygen atoms in total. The minimum absolute atomic E-state index is 0.0575. The molecule has 1 aliphatic heterocycles. The predicted octanol–water partition coefficient (Wildman–Crippen LogP) is 2.26. The van der Waals surface area contributed by atoms with Crippen molar-refractivity contribution in [3.63, 3.8) is 0 Å². The molecule has 1 fully saturated rings. The van der Waals surface area contributed by atoms with Gasteiger partial charge in [0.15, 0.2) is 0 Å². The summed E-state index contributed by atoms with van der Waals surface area (Å²) in [6, 6.07) is 7.05. The first kappa shape index (κ1) is 20.4. The van der Waals surface area contributed by atoms with E-state index >= 15 is 0 Å². The summed E-state index contributed by atoms with van der Waals surface area (Å²) in [7, 11) is -1.18. The molecular formula is C18H20ClN3O5S. The van der Waals surface area contributed by atoms with Crippen LogP contribution in [0.4, 0.5) is 5.69 Å². The summed E-state index contributed by atoms with van der Waals surface area (Å²) in [4.78, 5) is 24.4. The summed E-state index contributed by atoms with van der Waals surface area (Å²) >= 11 is 5.93. The van der Waals surface area contributed by atoms with Gasteiger partial charge >= 0.3 is 5.97 Å². The summed E-state index contributed by atoms with van der Waals surface area (Å²) in [6.07, 6.45) is 2.30. The summed E-state index contributed by atoms with van der Waals surface area (Å²) in [5.41, 5.74) is 0.606. The number of benzene rings is 1. The summed E-state index contributed by atoms with van der Waals surface area (Å²) < 4.78 is 33.4. The lowest BCUT2D eigenvalue weighted by Gasteiger charge is -2.23. The number of esters is 1. The minimum atomic E-state index is -3.96. The number of nitrogens with one attached hydrogen (secondary N) is 1. The maximum atomic E-state index is 13.1. The number of aromatic nitrogens is 1. The fraction of sp³-hybridized carbons (Fsp3) is 0.333. The van der Waals surface area contributed by atoms with Gasteiger partial charge in [-0.1, -0.05) is 17.7 Å². The maximum Gasteiger partial charge on any atom is 0.354 e. The quantitative estimate of drug-likeness (QED) is 0.741. The highest BCUT2D eigenvalue weighted by Crippen LogP contribution is 2.28. The van der Waals surface area contributed by atoms with Crippen LogP contribution in [0.1, 0.15) is 23.3 Å². The van der Waals surface area contributed by atoms with Crippen molar-refractivity contribution >= 4 is 39.2 Å². The van der Waals surface area contributed by atoms with Crippen LogP contribution in [-0.2, 0) is 26.6 Å². The molecule has 28 heavy (non-hydrogen) atoms. The number of methoxy groups -OCH3 is 1. The van der Waals surface area contributed by atoms with E-state index in [2.05, 4.69) is 10.1 Å². The van der Waals surface area contributed by atoms with Gasteiger partial charge < -0.3 is 14.6 Å². The topological polar surface area (TPSA) is 97.7 Å². The van der Waals surface area contributed by atoms with Crippen molar-refractivity contribution in [3.05, 3.63) is 47.2 Å². The second kappa shape index (κ2) is 7.94. The van der Waals surface area contributed by atoms with Crippen molar-refractivity contribution in [2.24, 2.45) is 7.05 Å². The second-order valence-electron chi connectivity index (χ2n) is 6.44. The first-order valence-corrected chi connectivity index (χ1v) is 10.4. The van der Waals surface area contributed by atoms with Gasteiger partial charge in [0.05, 0.1) is 7.11 Å². The number of ether oxygens (including phenoxy) is 1. The van der Waals surface area contributed by atoms with Crippen LogP contribution in [0, 0.1) is 0 Å². The van der Waals surface area contributed by atoms with Crippen LogP contribution in [0.3, 0.4) is 0 Å². The third kappa shape index (κ3) is 3.91. The third-order valence-corrected chi connectivity index (χ3v) is 6.69. The smallest absolute Gasteiger partial charge is 0.354 e. The number of hydrogen-bond donors (Lipinski definition) is 1. The van der Waals surface area contributed by atoms with E-state index in [0.29, 0.717) is 23.6 Å². The molecule has 2 heterocycles. The Morgan fingerprint density at radius 2 is 2.04 bits per heavy atom. The van der Waals surface area contributed by atoms with Gasteiger partial charge in [-0.2, -0.15) is 4.31 Å². The van der Waals surface area contributed by atoms with Crippen LogP contribution < -0.4 is 5.32 Å². The molecule has 1 aliphatic rings. The first-order valence-electron chi connectivity index (χ1n) is 8.57. The Labute approximate surface area is 168 Å². The van der Waals surface area contributed by atoms with E-state index in [-0.39, 0.29) is 17.1 Å². The number of amides is 1. The lowest BCUT2D eigenvalue weighted by Crippen LogP contribution is -2.43. The Kier molecular flexibility index (Phi) is 5.78. The number of aryl methyl sites for hydroxylation is 1. The number of rotatable bonds is 5. The van der Waals surface area contributed by atoms with E-state index in [1.807, 2.05) is 0 Å². The molecule has 1 saturated heterocycles. The van der Waals surface area contributed by atoms with Gasteiger partial charge in [0.2, 0.25) is 15.9 Å². The van der Waals surface area contributed by atoms with Crippen molar-refractivity contribution in [3.8, 4) is 0 Å². The van der Waals surface area contributed by atoms with E-state index in [1.54, 1.807) is 31.3 Å². The number of hydrogen-bond acceptors (Lipinski definition) is 5. The number of sulfonamides is 1. The number of nitrogens with zero attached hydrogens (tertiary/aromatic N) is 2. The van der Waals surface area contributed by atoms with E-state index in [9.17, 15) is 18.0 Å².